The van der Waals surface area contributed by atoms with Crippen molar-refractivity contribution in [3.8, 4) is 5.75 Å². The monoisotopic (exact) mass is 303 g/mol. The molecule has 5 heteroatoms. The number of hydrogen-bond acceptors (Lipinski definition) is 3. The fourth-order valence-corrected chi connectivity index (χ4v) is 3.55. The fourth-order valence-electron chi connectivity index (χ4n) is 3.55. The van der Waals surface area contributed by atoms with E-state index in [4.69, 9.17) is 9.84 Å². The number of fused-ring (bicyclic) bond motifs is 1. The van der Waals surface area contributed by atoms with Gasteiger partial charge in [-0.15, -0.1) is 0 Å². The largest absolute Gasteiger partial charge is 0.492 e. The standard InChI is InChI=1S/C17H21NO4/c19-15(20)10-17(7-3-4-8-17)18-16(21)13-9-12-5-1-2-6-14(12)22-11-13/h1-2,5-6,13H,3-4,7-11H2,(H,18,21)(H,19,20). The quantitative estimate of drug-likeness (QED) is 0.893. The molecule has 0 bridgehead atoms. The van der Waals surface area contributed by atoms with E-state index in [2.05, 4.69) is 5.32 Å². The summed E-state index contributed by atoms with van der Waals surface area (Å²) in [6.07, 6.45) is 4.08. The molecule has 3 rings (SSSR count). The highest BCUT2D eigenvalue weighted by atomic mass is 16.5. The van der Waals surface area contributed by atoms with Crippen LogP contribution in [0.25, 0.3) is 0 Å². The van der Waals surface area contributed by atoms with Gasteiger partial charge in [0, 0.05) is 0 Å². The third-order valence-electron chi connectivity index (χ3n) is 4.69. The molecule has 0 saturated heterocycles. The van der Waals surface area contributed by atoms with Crippen molar-refractivity contribution in [2.24, 2.45) is 5.92 Å². The Bertz CT molecular complexity index is 578. The molecule has 0 spiro atoms. The van der Waals surface area contributed by atoms with E-state index in [0.717, 1.165) is 37.0 Å². The highest BCUT2D eigenvalue weighted by molar-refractivity contribution is 5.81. The first-order valence-corrected chi connectivity index (χ1v) is 7.82. The van der Waals surface area contributed by atoms with Gasteiger partial charge in [-0.25, -0.2) is 0 Å². The SMILES string of the molecule is O=C(O)CC1(NC(=O)C2COc3ccccc3C2)CCCC1. The summed E-state index contributed by atoms with van der Waals surface area (Å²) in [4.78, 5) is 23.7. The van der Waals surface area contributed by atoms with Gasteiger partial charge in [0.15, 0.2) is 0 Å². The summed E-state index contributed by atoms with van der Waals surface area (Å²) in [7, 11) is 0. The summed E-state index contributed by atoms with van der Waals surface area (Å²) in [6.45, 7) is 0.353. The van der Waals surface area contributed by atoms with Crippen molar-refractivity contribution < 1.29 is 19.4 Å². The lowest BCUT2D eigenvalue weighted by atomic mass is 9.90. The lowest BCUT2D eigenvalue weighted by Crippen LogP contribution is -2.51. The number of hydrogen-bond donors (Lipinski definition) is 2. The van der Waals surface area contributed by atoms with Gasteiger partial charge >= 0.3 is 5.97 Å². The summed E-state index contributed by atoms with van der Waals surface area (Å²) in [5.74, 6) is -0.348. The molecule has 22 heavy (non-hydrogen) atoms. The van der Waals surface area contributed by atoms with Crippen molar-refractivity contribution in [2.75, 3.05) is 6.61 Å². The Morgan fingerprint density at radius 3 is 2.73 bits per heavy atom. The Hall–Kier alpha value is -2.04. The van der Waals surface area contributed by atoms with Crippen LogP contribution in [0.4, 0.5) is 0 Å². The second-order valence-corrected chi connectivity index (χ2v) is 6.37. The number of carboxylic acid groups (broad SMARTS) is 1. The number of nitrogens with one attached hydrogen (secondary N) is 1. The first-order chi connectivity index (χ1) is 10.6. The Morgan fingerprint density at radius 1 is 1.27 bits per heavy atom. The fraction of sp³-hybridized carbons (Fsp3) is 0.529. The summed E-state index contributed by atoms with van der Waals surface area (Å²) in [5.41, 5.74) is 0.465. The van der Waals surface area contributed by atoms with Crippen LogP contribution in [-0.2, 0) is 16.0 Å². The molecule has 1 aliphatic heterocycles. The zero-order chi connectivity index (χ0) is 15.6. The maximum Gasteiger partial charge on any atom is 0.305 e. The minimum atomic E-state index is -0.854. The molecule has 0 aromatic heterocycles. The van der Waals surface area contributed by atoms with Gasteiger partial charge in [-0.05, 0) is 30.9 Å². The number of aliphatic carboxylic acids is 1. The van der Waals surface area contributed by atoms with E-state index in [1.807, 2.05) is 24.3 Å². The molecule has 1 aromatic carbocycles. The maximum atomic E-state index is 12.6. The number of carboxylic acids is 1. The van der Waals surface area contributed by atoms with Gasteiger partial charge in [0.2, 0.25) is 5.91 Å². The predicted octanol–water partition coefficient (Wildman–Crippen LogP) is 2.14. The molecule has 1 saturated carbocycles. The van der Waals surface area contributed by atoms with E-state index >= 15 is 0 Å². The summed E-state index contributed by atoms with van der Waals surface area (Å²) in [6, 6.07) is 7.73. The lowest BCUT2D eigenvalue weighted by Gasteiger charge is -2.32. The van der Waals surface area contributed by atoms with Crippen LogP contribution in [-0.4, -0.2) is 29.1 Å². The minimum absolute atomic E-state index is 0.00288. The maximum absolute atomic E-state index is 12.6. The molecule has 1 amide bonds. The molecule has 2 aliphatic rings. The van der Waals surface area contributed by atoms with Crippen LogP contribution in [0.3, 0.4) is 0 Å². The molecule has 1 unspecified atom stereocenters. The van der Waals surface area contributed by atoms with Gasteiger partial charge in [-0.2, -0.15) is 0 Å². The van der Waals surface area contributed by atoms with Gasteiger partial charge in [-0.1, -0.05) is 31.0 Å². The van der Waals surface area contributed by atoms with Crippen molar-refractivity contribution in [3.05, 3.63) is 29.8 Å². The first-order valence-electron chi connectivity index (χ1n) is 7.82. The average molecular weight is 303 g/mol. The van der Waals surface area contributed by atoms with Crippen molar-refractivity contribution >= 4 is 11.9 Å². The number of amides is 1. The van der Waals surface area contributed by atoms with Gasteiger partial charge in [0.05, 0.1) is 17.9 Å². The van der Waals surface area contributed by atoms with Crippen LogP contribution in [0.2, 0.25) is 0 Å². The van der Waals surface area contributed by atoms with Gasteiger partial charge in [0.25, 0.3) is 0 Å². The molecule has 118 valence electrons. The van der Waals surface area contributed by atoms with Crippen LogP contribution >= 0.6 is 0 Å². The summed E-state index contributed by atoms with van der Waals surface area (Å²) in [5, 5.41) is 12.1. The Labute approximate surface area is 129 Å². The number of benzene rings is 1. The Morgan fingerprint density at radius 2 is 2.00 bits per heavy atom. The number of para-hydroxylation sites is 1. The minimum Gasteiger partial charge on any atom is -0.492 e. The third-order valence-corrected chi connectivity index (χ3v) is 4.69. The zero-order valence-corrected chi connectivity index (χ0v) is 12.5. The van der Waals surface area contributed by atoms with Crippen molar-refractivity contribution in [2.45, 2.75) is 44.1 Å². The van der Waals surface area contributed by atoms with E-state index in [1.54, 1.807) is 0 Å². The molecule has 1 heterocycles. The normalized spacial score (nSPS) is 22.5. The topological polar surface area (TPSA) is 75.6 Å². The second-order valence-electron chi connectivity index (χ2n) is 6.37. The van der Waals surface area contributed by atoms with Crippen LogP contribution in [0.15, 0.2) is 24.3 Å². The Kier molecular flexibility index (Phi) is 4.05. The third kappa shape index (κ3) is 3.08. The lowest BCUT2D eigenvalue weighted by molar-refractivity contribution is -0.139. The highest BCUT2D eigenvalue weighted by Gasteiger charge is 2.39. The van der Waals surface area contributed by atoms with Crippen LogP contribution in [0, 0.1) is 5.92 Å². The van der Waals surface area contributed by atoms with Crippen molar-refractivity contribution in [1.29, 1.82) is 0 Å². The number of rotatable bonds is 4. The molecule has 1 aromatic rings. The molecule has 1 aliphatic carbocycles. The molecular formula is C17H21NO4. The molecule has 2 N–H and O–H groups in total. The van der Waals surface area contributed by atoms with Gasteiger partial charge < -0.3 is 15.2 Å². The van der Waals surface area contributed by atoms with Crippen LogP contribution in [0.1, 0.15) is 37.7 Å². The number of carbonyl (C=O) groups excluding carboxylic acids is 1. The first kappa shape index (κ1) is 14.9. The molecular weight excluding hydrogens is 282 g/mol. The predicted molar refractivity (Wildman–Crippen MR) is 80.7 cm³/mol. The van der Waals surface area contributed by atoms with E-state index in [-0.39, 0.29) is 18.2 Å². The van der Waals surface area contributed by atoms with Gasteiger partial charge in [0.1, 0.15) is 12.4 Å². The van der Waals surface area contributed by atoms with E-state index in [9.17, 15) is 9.59 Å². The summed E-state index contributed by atoms with van der Waals surface area (Å²) >= 11 is 0. The average Bonchev–Trinajstić information content (AvgIpc) is 2.94. The van der Waals surface area contributed by atoms with Crippen molar-refractivity contribution in [1.82, 2.24) is 5.32 Å². The number of carbonyl (C=O) groups is 2. The second kappa shape index (κ2) is 5.99. The van der Waals surface area contributed by atoms with Crippen molar-refractivity contribution in [3.63, 3.8) is 0 Å². The number of ether oxygens (including phenoxy) is 1. The Balaban J connectivity index is 1.68. The molecule has 5 nitrogen and oxygen atoms in total. The summed E-state index contributed by atoms with van der Waals surface area (Å²) < 4.78 is 5.66. The van der Waals surface area contributed by atoms with E-state index in [0.29, 0.717) is 13.0 Å². The molecule has 1 fully saturated rings. The zero-order valence-electron chi connectivity index (χ0n) is 12.5. The smallest absolute Gasteiger partial charge is 0.305 e. The van der Waals surface area contributed by atoms with Crippen LogP contribution in [0.5, 0.6) is 5.75 Å². The molecule has 1 atom stereocenters. The van der Waals surface area contributed by atoms with E-state index in [1.165, 1.54) is 0 Å². The highest BCUT2D eigenvalue weighted by Crippen LogP contribution is 2.34. The van der Waals surface area contributed by atoms with Gasteiger partial charge in [-0.3, -0.25) is 9.59 Å². The van der Waals surface area contributed by atoms with Crippen LogP contribution < -0.4 is 10.1 Å². The van der Waals surface area contributed by atoms with E-state index < -0.39 is 11.5 Å². The molecule has 0 radical (unpaired) electrons.